The lowest BCUT2D eigenvalue weighted by atomic mass is 10.2. The Hall–Kier alpha value is -2.19. The second-order valence-corrected chi connectivity index (χ2v) is 6.42. The summed E-state index contributed by atoms with van der Waals surface area (Å²) in [5, 5.41) is 13.2. The van der Waals surface area contributed by atoms with Crippen molar-refractivity contribution in [2.75, 3.05) is 0 Å². The molecule has 0 spiro atoms. The fraction of sp³-hybridized carbons (Fsp3) is 0.286. The summed E-state index contributed by atoms with van der Waals surface area (Å²) in [5.74, 6) is -1.29. The Kier molecular flexibility index (Phi) is 4.62. The Morgan fingerprint density at radius 2 is 2.05 bits per heavy atom. The van der Waals surface area contributed by atoms with Gasteiger partial charge >= 0.3 is 5.97 Å². The number of benzene rings is 1. The third kappa shape index (κ3) is 3.18. The average molecular weight is 323 g/mol. The number of carboxylic acids is 1. The zero-order valence-corrected chi connectivity index (χ0v) is 13.0. The normalized spacial score (nSPS) is 13.0. The van der Waals surface area contributed by atoms with Crippen LogP contribution in [-0.2, 0) is 28.3 Å². The van der Waals surface area contributed by atoms with E-state index in [0.717, 1.165) is 0 Å². The largest absolute Gasteiger partial charge is 0.480 e. The second-order valence-electron chi connectivity index (χ2n) is 4.73. The van der Waals surface area contributed by atoms with Gasteiger partial charge in [0.2, 0.25) is 10.0 Å². The smallest absolute Gasteiger partial charge is 0.327 e. The van der Waals surface area contributed by atoms with Gasteiger partial charge in [-0.3, -0.25) is 9.48 Å². The van der Waals surface area contributed by atoms with Crippen LogP contribution in [0.1, 0.15) is 24.2 Å². The lowest BCUT2D eigenvalue weighted by Crippen LogP contribution is -2.35. The SMILES string of the molecule is CCc1ccccc1S(=O)(=O)NC(C(=O)O)c1ccnn1C. The first kappa shape index (κ1) is 16.2. The molecule has 118 valence electrons. The van der Waals surface area contributed by atoms with Gasteiger partial charge in [0.15, 0.2) is 6.04 Å². The molecule has 2 rings (SSSR count). The van der Waals surface area contributed by atoms with E-state index in [-0.39, 0.29) is 10.6 Å². The topological polar surface area (TPSA) is 101 Å². The van der Waals surface area contributed by atoms with Crippen molar-refractivity contribution in [3.05, 3.63) is 47.8 Å². The maximum absolute atomic E-state index is 12.5. The molecular weight excluding hydrogens is 306 g/mol. The van der Waals surface area contributed by atoms with Crippen LogP contribution in [0.15, 0.2) is 41.4 Å². The molecule has 7 nitrogen and oxygen atoms in total. The number of nitrogens with one attached hydrogen (secondary N) is 1. The molecular formula is C14H17N3O4S. The minimum atomic E-state index is -3.96. The number of nitrogens with zero attached hydrogens (tertiary/aromatic N) is 2. The monoisotopic (exact) mass is 323 g/mol. The van der Waals surface area contributed by atoms with Crippen molar-refractivity contribution in [3.8, 4) is 0 Å². The third-order valence-electron chi connectivity index (χ3n) is 3.32. The quantitative estimate of drug-likeness (QED) is 0.828. The van der Waals surface area contributed by atoms with Gasteiger partial charge in [-0.1, -0.05) is 25.1 Å². The van der Waals surface area contributed by atoms with Gasteiger partial charge in [0.1, 0.15) is 0 Å². The van der Waals surface area contributed by atoms with Crippen molar-refractivity contribution in [3.63, 3.8) is 0 Å². The summed E-state index contributed by atoms with van der Waals surface area (Å²) in [6, 6.07) is 6.58. The summed E-state index contributed by atoms with van der Waals surface area (Å²) in [7, 11) is -2.41. The Bertz CT molecular complexity index is 783. The van der Waals surface area contributed by atoms with Crippen LogP contribution in [0.5, 0.6) is 0 Å². The van der Waals surface area contributed by atoms with Gasteiger partial charge in [-0.15, -0.1) is 0 Å². The van der Waals surface area contributed by atoms with E-state index < -0.39 is 22.0 Å². The highest BCUT2D eigenvalue weighted by molar-refractivity contribution is 7.89. The second kappa shape index (κ2) is 6.29. The van der Waals surface area contributed by atoms with Crippen molar-refractivity contribution in [2.24, 2.45) is 7.05 Å². The van der Waals surface area contributed by atoms with E-state index in [2.05, 4.69) is 9.82 Å². The Morgan fingerprint density at radius 1 is 1.36 bits per heavy atom. The summed E-state index contributed by atoms with van der Waals surface area (Å²) >= 11 is 0. The third-order valence-corrected chi connectivity index (χ3v) is 4.84. The molecule has 0 saturated heterocycles. The van der Waals surface area contributed by atoms with Gasteiger partial charge < -0.3 is 5.11 Å². The molecule has 0 bridgehead atoms. The first-order valence-electron chi connectivity index (χ1n) is 6.67. The van der Waals surface area contributed by atoms with Crippen molar-refractivity contribution < 1.29 is 18.3 Å². The van der Waals surface area contributed by atoms with Crippen LogP contribution in [0, 0.1) is 0 Å². The summed E-state index contributed by atoms with van der Waals surface area (Å²) in [4.78, 5) is 11.5. The van der Waals surface area contributed by atoms with Gasteiger partial charge in [0.25, 0.3) is 0 Å². The van der Waals surface area contributed by atoms with E-state index >= 15 is 0 Å². The standard InChI is InChI=1S/C14H17N3O4S/c1-3-10-6-4-5-7-12(10)22(20,21)16-13(14(18)19)11-8-9-15-17(11)2/h4-9,13,16H,3H2,1-2H3,(H,18,19). The lowest BCUT2D eigenvalue weighted by molar-refractivity contribution is -0.139. The predicted molar refractivity (Wildman–Crippen MR) is 79.7 cm³/mol. The van der Waals surface area contributed by atoms with Crippen LogP contribution in [0.25, 0.3) is 0 Å². The maximum atomic E-state index is 12.5. The molecule has 22 heavy (non-hydrogen) atoms. The summed E-state index contributed by atoms with van der Waals surface area (Å²) in [6.45, 7) is 1.84. The Balaban J connectivity index is 2.41. The minimum Gasteiger partial charge on any atom is -0.480 e. The van der Waals surface area contributed by atoms with Crippen molar-refractivity contribution in [2.45, 2.75) is 24.3 Å². The minimum absolute atomic E-state index is 0.0888. The Labute approximate surface area is 128 Å². The number of sulfonamides is 1. The van der Waals surface area contributed by atoms with Gasteiger partial charge in [-0.2, -0.15) is 9.82 Å². The zero-order chi connectivity index (χ0) is 16.3. The molecule has 2 aromatic rings. The molecule has 0 aliphatic rings. The van der Waals surface area contributed by atoms with Crippen LogP contribution < -0.4 is 4.72 Å². The van der Waals surface area contributed by atoms with Crippen LogP contribution in [0.3, 0.4) is 0 Å². The van der Waals surface area contributed by atoms with E-state index in [1.807, 2.05) is 6.92 Å². The number of aliphatic carboxylic acids is 1. The lowest BCUT2D eigenvalue weighted by Gasteiger charge is -2.16. The number of carbonyl (C=O) groups is 1. The van der Waals surface area contributed by atoms with E-state index in [1.165, 1.54) is 23.0 Å². The van der Waals surface area contributed by atoms with E-state index in [1.54, 1.807) is 25.2 Å². The van der Waals surface area contributed by atoms with Gasteiger partial charge in [-0.25, -0.2) is 8.42 Å². The molecule has 0 amide bonds. The molecule has 1 aromatic carbocycles. The van der Waals surface area contributed by atoms with Gasteiger partial charge in [0.05, 0.1) is 10.6 Å². The highest BCUT2D eigenvalue weighted by atomic mass is 32.2. The summed E-state index contributed by atoms with van der Waals surface area (Å²) in [5.41, 5.74) is 0.884. The van der Waals surface area contributed by atoms with Crippen molar-refractivity contribution in [1.82, 2.24) is 14.5 Å². The Morgan fingerprint density at radius 3 is 2.59 bits per heavy atom. The van der Waals surface area contributed by atoms with E-state index in [0.29, 0.717) is 12.0 Å². The number of carboxylic acid groups (broad SMARTS) is 1. The van der Waals surface area contributed by atoms with Gasteiger partial charge in [-0.05, 0) is 24.1 Å². The molecule has 1 atom stereocenters. The molecule has 2 N–H and O–H groups in total. The fourth-order valence-electron chi connectivity index (χ4n) is 2.18. The highest BCUT2D eigenvalue weighted by Crippen LogP contribution is 2.20. The maximum Gasteiger partial charge on any atom is 0.327 e. The van der Waals surface area contributed by atoms with Crippen LogP contribution >= 0.6 is 0 Å². The first-order chi connectivity index (χ1) is 10.4. The number of aryl methyl sites for hydroxylation is 2. The number of hydrogen-bond donors (Lipinski definition) is 2. The molecule has 0 saturated carbocycles. The molecule has 0 aliphatic carbocycles. The van der Waals surface area contributed by atoms with E-state index in [4.69, 9.17) is 0 Å². The van der Waals surface area contributed by atoms with Crippen molar-refractivity contribution >= 4 is 16.0 Å². The van der Waals surface area contributed by atoms with Gasteiger partial charge in [0, 0.05) is 13.2 Å². The number of rotatable bonds is 6. The first-order valence-corrected chi connectivity index (χ1v) is 8.16. The van der Waals surface area contributed by atoms with Crippen molar-refractivity contribution in [1.29, 1.82) is 0 Å². The fourth-order valence-corrected chi connectivity index (χ4v) is 3.66. The average Bonchev–Trinajstić information content (AvgIpc) is 2.90. The molecule has 1 heterocycles. The van der Waals surface area contributed by atoms with Crippen LogP contribution in [0.2, 0.25) is 0 Å². The molecule has 0 fully saturated rings. The molecule has 1 aromatic heterocycles. The van der Waals surface area contributed by atoms with E-state index in [9.17, 15) is 18.3 Å². The summed E-state index contributed by atoms with van der Waals surface area (Å²) in [6.07, 6.45) is 1.94. The zero-order valence-electron chi connectivity index (χ0n) is 12.2. The highest BCUT2D eigenvalue weighted by Gasteiger charge is 2.29. The molecule has 1 unspecified atom stereocenters. The number of hydrogen-bond acceptors (Lipinski definition) is 4. The molecule has 0 aliphatic heterocycles. The van der Waals surface area contributed by atoms with Crippen LogP contribution in [-0.4, -0.2) is 29.3 Å². The van der Waals surface area contributed by atoms with Crippen LogP contribution in [0.4, 0.5) is 0 Å². The predicted octanol–water partition coefficient (Wildman–Crippen LogP) is 1.09. The molecule has 0 radical (unpaired) electrons. The summed E-state index contributed by atoms with van der Waals surface area (Å²) < 4.78 is 28.6. The molecule has 8 heteroatoms. The number of aromatic nitrogens is 2.